The fourth-order valence-corrected chi connectivity index (χ4v) is 4.18. The summed E-state index contributed by atoms with van der Waals surface area (Å²) in [5.41, 5.74) is 3.23. The Morgan fingerprint density at radius 1 is 1.05 bits per heavy atom. The molecule has 0 amide bonds. The third-order valence-corrected chi connectivity index (χ3v) is 5.35. The molecule has 2 atom stereocenters. The predicted molar refractivity (Wildman–Crippen MR) is 82.9 cm³/mol. The second-order valence-electron chi connectivity index (χ2n) is 6.83. The van der Waals surface area contributed by atoms with Crippen LogP contribution in [-0.2, 0) is 6.42 Å². The van der Waals surface area contributed by atoms with Gasteiger partial charge in [0.05, 0.1) is 0 Å². The number of rotatable bonds is 4. The summed E-state index contributed by atoms with van der Waals surface area (Å²) >= 11 is 0. The van der Waals surface area contributed by atoms with Gasteiger partial charge in [-0.25, -0.2) is 0 Å². The zero-order valence-corrected chi connectivity index (χ0v) is 12.4. The first-order valence-electron chi connectivity index (χ1n) is 8.49. The summed E-state index contributed by atoms with van der Waals surface area (Å²) in [6.45, 7) is 2.49. The summed E-state index contributed by atoms with van der Waals surface area (Å²) in [5.74, 6) is 0. The number of fused-ring (bicyclic) bond motifs is 1. The summed E-state index contributed by atoms with van der Waals surface area (Å²) in [7, 11) is 0. The number of hydrogen-bond donors (Lipinski definition) is 1. The number of nitrogens with one attached hydrogen (secondary N) is 1. The van der Waals surface area contributed by atoms with Crippen molar-refractivity contribution in [3.8, 4) is 0 Å². The molecule has 1 aromatic carbocycles. The summed E-state index contributed by atoms with van der Waals surface area (Å²) < 4.78 is 0. The maximum absolute atomic E-state index is 3.69. The largest absolute Gasteiger partial charge is 0.313 e. The first-order chi connectivity index (χ1) is 9.92. The number of benzene rings is 1. The number of hydrogen-bond acceptors (Lipinski definition) is 2. The monoisotopic (exact) mass is 270 g/mol. The fourth-order valence-electron chi connectivity index (χ4n) is 4.18. The van der Waals surface area contributed by atoms with E-state index in [0.717, 1.165) is 12.1 Å². The van der Waals surface area contributed by atoms with E-state index < -0.39 is 0 Å². The van der Waals surface area contributed by atoms with E-state index in [1.165, 1.54) is 58.0 Å². The Morgan fingerprint density at radius 2 is 1.95 bits per heavy atom. The molecule has 2 heteroatoms. The van der Waals surface area contributed by atoms with Crippen molar-refractivity contribution in [2.24, 2.45) is 0 Å². The van der Waals surface area contributed by atoms with Crippen molar-refractivity contribution in [1.29, 1.82) is 0 Å². The zero-order chi connectivity index (χ0) is 13.4. The Hall–Kier alpha value is -0.860. The van der Waals surface area contributed by atoms with Gasteiger partial charge in [-0.2, -0.15) is 0 Å². The first kappa shape index (κ1) is 12.8. The molecule has 4 rings (SSSR count). The van der Waals surface area contributed by atoms with Gasteiger partial charge in [0.25, 0.3) is 0 Å². The topological polar surface area (TPSA) is 15.3 Å². The van der Waals surface area contributed by atoms with Crippen LogP contribution in [0.5, 0.6) is 0 Å². The van der Waals surface area contributed by atoms with Crippen molar-refractivity contribution in [2.45, 2.75) is 63.1 Å². The van der Waals surface area contributed by atoms with Gasteiger partial charge in [0, 0.05) is 24.7 Å². The predicted octanol–water partition coefficient (Wildman–Crippen LogP) is 3.28. The van der Waals surface area contributed by atoms with Crippen molar-refractivity contribution >= 4 is 0 Å². The molecule has 1 heterocycles. The molecule has 1 saturated carbocycles. The van der Waals surface area contributed by atoms with Gasteiger partial charge >= 0.3 is 0 Å². The summed E-state index contributed by atoms with van der Waals surface area (Å²) in [6, 6.07) is 11.5. The number of aryl methyl sites for hydroxylation is 1. The first-order valence-corrected chi connectivity index (χ1v) is 8.49. The lowest BCUT2D eigenvalue weighted by molar-refractivity contribution is 0.154. The van der Waals surface area contributed by atoms with E-state index in [-0.39, 0.29) is 0 Å². The van der Waals surface area contributed by atoms with Crippen LogP contribution in [0.4, 0.5) is 0 Å². The second-order valence-corrected chi connectivity index (χ2v) is 6.83. The number of nitrogens with zero attached hydrogens (tertiary/aromatic N) is 1. The van der Waals surface area contributed by atoms with Gasteiger partial charge in [0.2, 0.25) is 0 Å². The van der Waals surface area contributed by atoms with Crippen molar-refractivity contribution in [2.75, 3.05) is 13.1 Å². The molecule has 0 spiro atoms. The van der Waals surface area contributed by atoms with E-state index in [2.05, 4.69) is 34.5 Å². The molecular weight excluding hydrogens is 244 g/mol. The third kappa shape index (κ3) is 2.51. The van der Waals surface area contributed by atoms with Crippen LogP contribution in [0.15, 0.2) is 24.3 Å². The standard InChI is InChI=1S/C18H26N2/c1-2-8-17-14(5-1)6-3-9-18(17)20(16-10-11-16)13-15-7-4-12-19-15/h1-2,5,8,15-16,18-19H,3-4,6-7,9-13H2. The molecule has 2 nitrogen and oxygen atoms in total. The van der Waals surface area contributed by atoms with Crippen LogP contribution < -0.4 is 5.32 Å². The molecule has 1 aliphatic heterocycles. The highest BCUT2D eigenvalue weighted by atomic mass is 15.2. The van der Waals surface area contributed by atoms with Crippen LogP contribution >= 0.6 is 0 Å². The average molecular weight is 270 g/mol. The Kier molecular flexibility index (Phi) is 3.53. The Balaban J connectivity index is 1.57. The van der Waals surface area contributed by atoms with Crippen LogP contribution in [-0.4, -0.2) is 30.1 Å². The van der Waals surface area contributed by atoms with Crippen LogP contribution in [0, 0.1) is 0 Å². The van der Waals surface area contributed by atoms with E-state index in [0.29, 0.717) is 6.04 Å². The quantitative estimate of drug-likeness (QED) is 0.903. The van der Waals surface area contributed by atoms with Gasteiger partial charge in [-0.1, -0.05) is 24.3 Å². The third-order valence-electron chi connectivity index (χ3n) is 5.35. The molecule has 0 radical (unpaired) electrons. The second kappa shape index (κ2) is 5.50. The minimum Gasteiger partial charge on any atom is -0.313 e. The van der Waals surface area contributed by atoms with Gasteiger partial charge in [-0.15, -0.1) is 0 Å². The molecule has 108 valence electrons. The van der Waals surface area contributed by atoms with Crippen LogP contribution in [0.25, 0.3) is 0 Å². The lowest BCUT2D eigenvalue weighted by atomic mass is 9.86. The minimum atomic E-state index is 0.690. The smallest absolute Gasteiger partial charge is 0.0354 e. The van der Waals surface area contributed by atoms with Gasteiger partial charge in [0.15, 0.2) is 0 Å². The van der Waals surface area contributed by atoms with E-state index in [1.807, 2.05) is 0 Å². The summed E-state index contributed by atoms with van der Waals surface area (Å²) in [4.78, 5) is 2.85. The molecule has 1 N–H and O–H groups in total. The summed E-state index contributed by atoms with van der Waals surface area (Å²) in [5, 5.41) is 3.69. The van der Waals surface area contributed by atoms with Crippen LogP contribution in [0.1, 0.15) is 55.7 Å². The normalized spacial score (nSPS) is 29.6. The van der Waals surface area contributed by atoms with Gasteiger partial charge in [-0.3, -0.25) is 4.90 Å². The minimum absolute atomic E-state index is 0.690. The van der Waals surface area contributed by atoms with Crippen molar-refractivity contribution < 1.29 is 0 Å². The van der Waals surface area contributed by atoms with E-state index in [4.69, 9.17) is 0 Å². The maximum atomic E-state index is 3.69. The Morgan fingerprint density at radius 3 is 2.75 bits per heavy atom. The highest BCUT2D eigenvalue weighted by Crippen LogP contribution is 2.40. The van der Waals surface area contributed by atoms with Gasteiger partial charge < -0.3 is 5.32 Å². The lowest BCUT2D eigenvalue weighted by Crippen LogP contribution is -2.42. The molecule has 2 fully saturated rings. The molecule has 1 saturated heterocycles. The molecule has 0 aromatic heterocycles. The molecule has 20 heavy (non-hydrogen) atoms. The molecule has 2 unspecified atom stereocenters. The van der Waals surface area contributed by atoms with Crippen molar-refractivity contribution in [3.05, 3.63) is 35.4 Å². The zero-order valence-electron chi connectivity index (χ0n) is 12.4. The van der Waals surface area contributed by atoms with E-state index in [1.54, 1.807) is 11.1 Å². The molecule has 0 bridgehead atoms. The van der Waals surface area contributed by atoms with E-state index in [9.17, 15) is 0 Å². The highest BCUT2D eigenvalue weighted by molar-refractivity contribution is 5.32. The average Bonchev–Trinajstić information content (AvgIpc) is 3.21. The van der Waals surface area contributed by atoms with E-state index >= 15 is 0 Å². The molecular formula is C18H26N2. The Bertz CT molecular complexity index is 460. The summed E-state index contributed by atoms with van der Waals surface area (Å²) in [6.07, 6.45) is 9.59. The van der Waals surface area contributed by atoms with Crippen LogP contribution in [0.2, 0.25) is 0 Å². The molecule has 3 aliphatic rings. The molecule has 2 aliphatic carbocycles. The highest BCUT2D eigenvalue weighted by Gasteiger charge is 2.37. The van der Waals surface area contributed by atoms with Gasteiger partial charge in [-0.05, 0) is 62.6 Å². The lowest BCUT2D eigenvalue weighted by Gasteiger charge is -2.37. The SMILES string of the molecule is c1ccc2c(c1)CCCC2N(CC1CCCN1)C1CC1. The van der Waals surface area contributed by atoms with Crippen molar-refractivity contribution in [3.63, 3.8) is 0 Å². The fraction of sp³-hybridized carbons (Fsp3) is 0.667. The van der Waals surface area contributed by atoms with Crippen LogP contribution in [0.3, 0.4) is 0 Å². The van der Waals surface area contributed by atoms with Gasteiger partial charge in [0.1, 0.15) is 0 Å². The maximum Gasteiger partial charge on any atom is 0.0354 e. The molecule has 1 aromatic rings. The van der Waals surface area contributed by atoms with Crippen molar-refractivity contribution in [1.82, 2.24) is 10.2 Å². The Labute approximate surface area is 122 Å².